The molecule has 21 heavy (non-hydrogen) atoms. The van der Waals surface area contributed by atoms with Crippen molar-refractivity contribution in [1.82, 2.24) is 0 Å². The molecule has 0 spiro atoms. The fraction of sp³-hybridized carbons (Fsp3) is 0.250. The van der Waals surface area contributed by atoms with Gasteiger partial charge in [0.15, 0.2) is 9.84 Å². The highest BCUT2D eigenvalue weighted by Crippen LogP contribution is 2.16. The van der Waals surface area contributed by atoms with Crippen LogP contribution in [0.1, 0.15) is 12.5 Å². The van der Waals surface area contributed by atoms with Gasteiger partial charge in [-0.05, 0) is 55.3 Å². The summed E-state index contributed by atoms with van der Waals surface area (Å²) in [7, 11) is -3.15. The summed E-state index contributed by atoms with van der Waals surface area (Å²) in [5.74, 6) is 0.260. The van der Waals surface area contributed by atoms with Crippen molar-refractivity contribution >= 4 is 15.5 Å². The van der Waals surface area contributed by atoms with Crippen molar-refractivity contribution in [2.24, 2.45) is 0 Å². The lowest BCUT2D eigenvalue weighted by Crippen LogP contribution is -2.18. The van der Waals surface area contributed by atoms with Crippen LogP contribution in [0.4, 0.5) is 5.69 Å². The van der Waals surface area contributed by atoms with Gasteiger partial charge >= 0.3 is 0 Å². The molecule has 0 heterocycles. The Balaban J connectivity index is 1.99. The zero-order chi connectivity index (χ0) is 15.5. The number of sulfone groups is 1. The number of rotatable bonds is 5. The van der Waals surface area contributed by atoms with E-state index in [0.29, 0.717) is 4.90 Å². The molecule has 112 valence electrons. The highest BCUT2D eigenvalue weighted by Gasteiger charge is 2.08. The van der Waals surface area contributed by atoms with Gasteiger partial charge in [-0.15, -0.1) is 0 Å². The topological polar surface area (TPSA) is 66.4 Å². The Hall–Kier alpha value is -2.01. The van der Waals surface area contributed by atoms with Gasteiger partial charge in [-0.1, -0.05) is 12.1 Å². The molecule has 2 rings (SSSR count). The maximum Gasteiger partial charge on any atom is 0.175 e. The Bertz CT molecular complexity index is 691. The average Bonchev–Trinajstić information content (AvgIpc) is 2.41. The molecule has 0 radical (unpaired) electrons. The average molecular weight is 305 g/mol. The zero-order valence-corrected chi connectivity index (χ0v) is 12.9. The molecule has 0 saturated carbocycles. The molecule has 0 aliphatic rings. The molecule has 4 nitrogen and oxygen atoms in total. The lowest BCUT2D eigenvalue weighted by atomic mass is 10.1. The van der Waals surface area contributed by atoms with Crippen LogP contribution in [0.15, 0.2) is 53.4 Å². The zero-order valence-electron chi connectivity index (χ0n) is 12.1. The van der Waals surface area contributed by atoms with Crippen LogP contribution >= 0.6 is 0 Å². The normalized spacial score (nSPS) is 12.9. The van der Waals surface area contributed by atoms with Gasteiger partial charge < -0.3 is 10.4 Å². The molecule has 0 aromatic heterocycles. The van der Waals surface area contributed by atoms with E-state index in [0.717, 1.165) is 17.7 Å². The van der Waals surface area contributed by atoms with E-state index in [2.05, 4.69) is 12.2 Å². The molecule has 0 amide bonds. The summed E-state index contributed by atoms with van der Waals surface area (Å²) in [5.41, 5.74) is 2.01. The number of aromatic hydroxyl groups is 1. The first-order valence-corrected chi connectivity index (χ1v) is 8.58. The predicted molar refractivity (Wildman–Crippen MR) is 84.4 cm³/mol. The second-order valence-electron chi connectivity index (χ2n) is 5.21. The summed E-state index contributed by atoms with van der Waals surface area (Å²) < 4.78 is 22.8. The molecular formula is C16H19NO3S. The minimum atomic E-state index is -3.15. The van der Waals surface area contributed by atoms with E-state index in [1.165, 1.54) is 6.26 Å². The van der Waals surface area contributed by atoms with Crippen LogP contribution < -0.4 is 5.32 Å². The standard InChI is InChI=1S/C16H19NO3S/c1-12(11-13-3-7-15(18)8-4-13)17-14-5-9-16(10-6-14)21(2,19)20/h3-10,12,17-18H,11H2,1-2H3. The van der Waals surface area contributed by atoms with Crippen molar-refractivity contribution in [2.45, 2.75) is 24.3 Å². The van der Waals surface area contributed by atoms with Crippen molar-refractivity contribution in [3.8, 4) is 5.75 Å². The molecular weight excluding hydrogens is 286 g/mol. The van der Waals surface area contributed by atoms with E-state index in [1.807, 2.05) is 12.1 Å². The molecule has 0 aliphatic carbocycles. The van der Waals surface area contributed by atoms with Crippen LogP contribution in [0.3, 0.4) is 0 Å². The van der Waals surface area contributed by atoms with Gasteiger partial charge in [0.2, 0.25) is 0 Å². The van der Waals surface area contributed by atoms with Gasteiger partial charge in [-0.3, -0.25) is 0 Å². The van der Waals surface area contributed by atoms with E-state index < -0.39 is 9.84 Å². The third-order valence-corrected chi connectivity index (χ3v) is 4.30. The molecule has 0 saturated heterocycles. The number of hydrogen-bond donors (Lipinski definition) is 2. The second kappa shape index (κ2) is 6.18. The fourth-order valence-electron chi connectivity index (χ4n) is 2.12. The number of phenols is 1. The summed E-state index contributed by atoms with van der Waals surface area (Å²) >= 11 is 0. The second-order valence-corrected chi connectivity index (χ2v) is 7.23. The molecule has 1 unspecified atom stereocenters. The maximum absolute atomic E-state index is 11.4. The van der Waals surface area contributed by atoms with E-state index >= 15 is 0 Å². The monoisotopic (exact) mass is 305 g/mol. The lowest BCUT2D eigenvalue weighted by molar-refractivity contribution is 0.475. The highest BCUT2D eigenvalue weighted by molar-refractivity contribution is 7.90. The summed E-state index contributed by atoms with van der Waals surface area (Å²) in [6.07, 6.45) is 2.01. The van der Waals surface area contributed by atoms with E-state index in [9.17, 15) is 13.5 Å². The molecule has 0 bridgehead atoms. The van der Waals surface area contributed by atoms with Gasteiger partial charge in [0.25, 0.3) is 0 Å². The van der Waals surface area contributed by atoms with Gasteiger partial charge in [-0.25, -0.2) is 8.42 Å². The minimum Gasteiger partial charge on any atom is -0.508 e. The maximum atomic E-state index is 11.4. The molecule has 2 N–H and O–H groups in total. The van der Waals surface area contributed by atoms with Crippen LogP contribution in [-0.4, -0.2) is 25.8 Å². The Labute approximate surface area is 125 Å². The molecule has 2 aromatic rings. The first kappa shape index (κ1) is 15.4. The SMILES string of the molecule is CC(Cc1ccc(O)cc1)Nc1ccc(S(C)(=O)=O)cc1. The Morgan fingerprint density at radius 3 is 2.14 bits per heavy atom. The third-order valence-electron chi connectivity index (χ3n) is 3.17. The van der Waals surface area contributed by atoms with Crippen molar-refractivity contribution in [3.63, 3.8) is 0 Å². The van der Waals surface area contributed by atoms with Crippen molar-refractivity contribution in [2.75, 3.05) is 11.6 Å². The van der Waals surface area contributed by atoms with Crippen molar-refractivity contribution in [3.05, 3.63) is 54.1 Å². The van der Waals surface area contributed by atoms with Crippen molar-refractivity contribution in [1.29, 1.82) is 0 Å². The summed E-state index contributed by atoms with van der Waals surface area (Å²) in [5, 5.41) is 12.6. The first-order chi connectivity index (χ1) is 9.84. The van der Waals surface area contributed by atoms with Crippen LogP contribution in [0.5, 0.6) is 5.75 Å². The fourth-order valence-corrected chi connectivity index (χ4v) is 2.75. The lowest BCUT2D eigenvalue weighted by Gasteiger charge is -2.15. The number of phenolic OH excluding ortho intramolecular Hbond substituents is 1. The van der Waals surface area contributed by atoms with Crippen LogP contribution in [0.25, 0.3) is 0 Å². The van der Waals surface area contributed by atoms with Crippen LogP contribution in [0, 0.1) is 0 Å². The largest absolute Gasteiger partial charge is 0.508 e. The Kier molecular flexibility index (Phi) is 4.53. The predicted octanol–water partition coefficient (Wildman–Crippen LogP) is 2.84. The Morgan fingerprint density at radius 1 is 1.05 bits per heavy atom. The summed E-state index contributed by atoms with van der Waals surface area (Å²) in [6, 6.07) is 14.1. The van der Waals surface area contributed by atoms with Crippen molar-refractivity contribution < 1.29 is 13.5 Å². The van der Waals surface area contributed by atoms with E-state index in [4.69, 9.17) is 0 Å². The summed E-state index contributed by atoms with van der Waals surface area (Å²) in [4.78, 5) is 0.319. The molecule has 5 heteroatoms. The van der Waals surface area contributed by atoms with Gasteiger partial charge in [-0.2, -0.15) is 0 Å². The van der Waals surface area contributed by atoms with Gasteiger partial charge in [0.1, 0.15) is 5.75 Å². The number of nitrogens with one attached hydrogen (secondary N) is 1. The van der Waals surface area contributed by atoms with Gasteiger partial charge in [0, 0.05) is 18.0 Å². The third kappa shape index (κ3) is 4.49. The number of hydrogen-bond acceptors (Lipinski definition) is 4. The first-order valence-electron chi connectivity index (χ1n) is 6.69. The van der Waals surface area contributed by atoms with E-state index in [1.54, 1.807) is 36.4 Å². The van der Waals surface area contributed by atoms with E-state index in [-0.39, 0.29) is 11.8 Å². The van der Waals surface area contributed by atoms with Gasteiger partial charge in [0.05, 0.1) is 4.90 Å². The minimum absolute atomic E-state index is 0.193. The molecule has 2 aromatic carbocycles. The molecule has 0 aliphatic heterocycles. The molecule has 1 atom stereocenters. The highest BCUT2D eigenvalue weighted by atomic mass is 32.2. The smallest absolute Gasteiger partial charge is 0.175 e. The molecule has 0 fully saturated rings. The van der Waals surface area contributed by atoms with Crippen LogP contribution in [-0.2, 0) is 16.3 Å². The summed E-state index contributed by atoms with van der Waals surface area (Å²) in [6.45, 7) is 2.05. The number of anilines is 1. The van der Waals surface area contributed by atoms with Crippen LogP contribution in [0.2, 0.25) is 0 Å². The quantitative estimate of drug-likeness (QED) is 0.891. The number of benzene rings is 2. The Morgan fingerprint density at radius 2 is 1.62 bits per heavy atom.